The van der Waals surface area contributed by atoms with Gasteiger partial charge >= 0.3 is 6.03 Å². The summed E-state index contributed by atoms with van der Waals surface area (Å²) < 4.78 is 21.1. The van der Waals surface area contributed by atoms with E-state index in [1.165, 1.54) is 0 Å². The Kier molecular flexibility index (Phi) is 7.37. The molecule has 7 nitrogen and oxygen atoms in total. The van der Waals surface area contributed by atoms with Crippen LogP contribution in [0.5, 0.6) is 23.0 Å². The third-order valence-electron chi connectivity index (χ3n) is 4.51. The molecule has 0 aliphatic heterocycles. The highest BCUT2D eigenvalue weighted by molar-refractivity contribution is 5.75. The zero-order valence-corrected chi connectivity index (χ0v) is 17.2. The van der Waals surface area contributed by atoms with Gasteiger partial charge in [0.2, 0.25) is 0 Å². The molecule has 2 aromatic rings. The molecule has 2 rings (SSSR count). The van der Waals surface area contributed by atoms with Gasteiger partial charge in [0.25, 0.3) is 0 Å². The van der Waals surface area contributed by atoms with E-state index in [2.05, 4.69) is 10.6 Å². The van der Waals surface area contributed by atoms with Gasteiger partial charge in [-0.1, -0.05) is 12.1 Å². The molecule has 0 saturated carbocycles. The maximum atomic E-state index is 12.4. The predicted octanol–water partition coefficient (Wildman–Crippen LogP) is 3.84. The average molecular weight is 388 g/mol. The van der Waals surface area contributed by atoms with Crippen molar-refractivity contribution in [2.45, 2.75) is 25.9 Å². The second kappa shape index (κ2) is 9.73. The highest BCUT2D eigenvalue weighted by atomic mass is 16.5. The molecular weight excluding hydrogens is 360 g/mol. The number of hydrogen-bond donors (Lipinski definition) is 2. The van der Waals surface area contributed by atoms with E-state index in [1.807, 2.05) is 50.2 Å². The summed E-state index contributed by atoms with van der Waals surface area (Å²) in [4.78, 5) is 12.4. The molecule has 28 heavy (non-hydrogen) atoms. The van der Waals surface area contributed by atoms with Gasteiger partial charge in [0.1, 0.15) is 0 Å². The van der Waals surface area contributed by atoms with Crippen molar-refractivity contribution in [3.05, 3.63) is 47.5 Å². The molecule has 0 spiro atoms. The second-order valence-electron chi connectivity index (χ2n) is 6.29. The molecule has 0 aliphatic carbocycles. The van der Waals surface area contributed by atoms with Crippen LogP contribution in [0.2, 0.25) is 0 Å². The highest BCUT2D eigenvalue weighted by Crippen LogP contribution is 2.31. The number of methoxy groups -OCH3 is 4. The van der Waals surface area contributed by atoms with Gasteiger partial charge in [-0.2, -0.15) is 0 Å². The largest absolute Gasteiger partial charge is 0.493 e. The lowest BCUT2D eigenvalue weighted by molar-refractivity contribution is 0.235. The van der Waals surface area contributed by atoms with E-state index in [-0.39, 0.29) is 18.1 Å². The Labute approximate surface area is 165 Å². The zero-order chi connectivity index (χ0) is 20.7. The predicted molar refractivity (Wildman–Crippen MR) is 108 cm³/mol. The summed E-state index contributed by atoms with van der Waals surface area (Å²) in [7, 11) is 6.33. The Morgan fingerprint density at radius 1 is 0.679 bits per heavy atom. The van der Waals surface area contributed by atoms with Crippen molar-refractivity contribution in [3.8, 4) is 23.0 Å². The van der Waals surface area contributed by atoms with Gasteiger partial charge in [-0.15, -0.1) is 0 Å². The third kappa shape index (κ3) is 5.00. The highest BCUT2D eigenvalue weighted by Gasteiger charge is 2.16. The first-order valence-corrected chi connectivity index (χ1v) is 8.94. The molecule has 0 bridgehead atoms. The van der Waals surface area contributed by atoms with E-state index in [9.17, 15) is 4.79 Å². The SMILES string of the molecule is COc1ccc(C(C)NC(=O)NC(C)c2ccc(OC)c(OC)c2)cc1OC. The van der Waals surface area contributed by atoms with Crippen molar-refractivity contribution in [3.63, 3.8) is 0 Å². The molecule has 0 radical (unpaired) electrons. The maximum absolute atomic E-state index is 12.4. The van der Waals surface area contributed by atoms with E-state index in [0.717, 1.165) is 11.1 Å². The molecule has 2 atom stereocenters. The number of rotatable bonds is 8. The van der Waals surface area contributed by atoms with E-state index >= 15 is 0 Å². The lowest BCUT2D eigenvalue weighted by Gasteiger charge is -2.20. The van der Waals surface area contributed by atoms with Crippen molar-refractivity contribution in [2.24, 2.45) is 0 Å². The Balaban J connectivity index is 2.03. The van der Waals surface area contributed by atoms with Gasteiger partial charge in [0, 0.05) is 0 Å². The summed E-state index contributed by atoms with van der Waals surface area (Å²) >= 11 is 0. The summed E-state index contributed by atoms with van der Waals surface area (Å²) in [6, 6.07) is 10.4. The van der Waals surface area contributed by atoms with Crippen LogP contribution in [-0.4, -0.2) is 34.5 Å². The Bertz CT molecular complexity index is 744. The van der Waals surface area contributed by atoms with E-state index in [0.29, 0.717) is 23.0 Å². The van der Waals surface area contributed by atoms with Gasteiger partial charge in [0.15, 0.2) is 23.0 Å². The van der Waals surface area contributed by atoms with Crippen LogP contribution >= 0.6 is 0 Å². The van der Waals surface area contributed by atoms with Crippen LogP contribution in [0.1, 0.15) is 37.1 Å². The smallest absolute Gasteiger partial charge is 0.315 e. The van der Waals surface area contributed by atoms with E-state index in [1.54, 1.807) is 28.4 Å². The molecule has 0 heterocycles. The standard InChI is InChI=1S/C21H28N2O5/c1-13(15-7-9-17(25-3)19(11-15)27-5)22-21(24)23-14(2)16-8-10-18(26-4)20(12-16)28-6/h7-14H,1-6H3,(H2,22,23,24). The third-order valence-corrected chi connectivity index (χ3v) is 4.51. The molecular formula is C21H28N2O5. The van der Waals surface area contributed by atoms with Crippen LogP contribution in [0.4, 0.5) is 4.79 Å². The molecule has 2 N–H and O–H groups in total. The summed E-state index contributed by atoms with van der Waals surface area (Å²) in [5.74, 6) is 2.52. The average Bonchev–Trinajstić information content (AvgIpc) is 2.72. The van der Waals surface area contributed by atoms with Crippen LogP contribution in [0, 0.1) is 0 Å². The normalized spacial score (nSPS) is 12.5. The minimum absolute atomic E-state index is 0.211. The number of benzene rings is 2. The summed E-state index contributed by atoms with van der Waals surface area (Å²) in [5.41, 5.74) is 1.82. The summed E-state index contributed by atoms with van der Waals surface area (Å²) in [5, 5.41) is 5.87. The number of urea groups is 1. The van der Waals surface area contributed by atoms with Crippen molar-refractivity contribution in [2.75, 3.05) is 28.4 Å². The first-order chi connectivity index (χ1) is 13.4. The molecule has 2 unspecified atom stereocenters. The van der Waals surface area contributed by atoms with Crippen molar-refractivity contribution in [1.29, 1.82) is 0 Å². The Morgan fingerprint density at radius 2 is 1.04 bits per heavy atom. The molecule has 0 saturated heterocycles. The first-order valence-electron chi connectivity index (χ1n) is 8.94. The lowest BCUT2D eigenvalue weighted by atomic mass is 10.1. The molecule has 0 aliphatic rings. The number of carbonyl (C=O) groups is 1. The minimum atomic E-state index is -0.274. The van der Waals surface area contributed by atoms with Gasteiger partial charge in [-0.3, -0.25) is 0 Å². The number of ether oxygens (including phenoxy) is 4. The van der Waals surface area contributed by atoms with Gasteiger partial charge in [0.05, 0.1) is 40.5 Å². The molecule has 0 fully saturated rings. The number of nitrogens with one attached hydrogen (secondary N) is 2. The van der Waals surface area contributed by atoms with E-state index < -0.39 is 0 Å². The maximum Gasteiger partial charge on any atom is 0.315 e. The Morgan fingerprint density at radius 3 is 1.36 bits per heavy atom. The van der Waals surface area contributed by atoms with Crippen LogP contribution in [-0.2, 0) is 0 Å². The fourth-order valence-corrected chi connectivity index (χ4v) is 2.85. The molecule has 152 valence electrons. The van der Waals surface area contributed by atoms with E-state index in [4.69, 9.17) is 18.9 Å². The molecule has 2 aromatic carbocycles. The zero-order valence-electron chi connectivity index (χ0n) is 17.2. The number of carbonyl (C=O) groups excluding carboxylic acids is 1. The summed E-state index contributed by atoms with van der Waals surface area (Å²) in [6.45, 7) is 3.81. The van der Waals surface area contributed by atoms with Crippen molar-refractivity contribution >= 4 is 6.03 Å². The van der Waals surface area contributed by atoms with Crippen molar-refractivity contribution in [1.82, 2.24) is 10.6 Å². The lowest BCUT2D eigenvalue weighted by Crippen LogP contribution is -2.38. The quantitative estimate of drug-likeness (QED) is 0.718. The van der Waals surface area contributed by atoms with Crippen molar-refractivity contribution < 1.29 is 23.7 Å². The second-order valence-corrected chi connectivity index (χ2v) is 6.29. The monoisotopic (exact) mass is 388 g/mol. The molecule has 0 aromatic heterocycles. The minimum Gasteiger partial charge on any atom is -0.493 e. The fraction of sp³-hybridized carbons (Fsp3) is 0.381. The van der Waals surface area contributed by atoms with Gasteiger partial charge < -0.3 is 29.6 Å². The Hall–Kier alpha value is -3.09. The van der Waals surface area contributed by atoms with Crippen LogP contribution in [0.15, 0.2) is 36.4 Å². The van der Waals surface area contributed by atoms with Gasteiger partial charge in [-0.05, 0) is 49.2 Å². The first kappa shape index (κ1) is 21.2. The fourth-order valence-electron chi connectivity index (χ4n) is 2.85. The van der Waals surface area contributed by atoms with Crippen LogP contribution < -0.4 is 29.6 Å². The number of hydrogen-bond acceptors (Lipinski definition) is 5. The number of amides is 2. The van der Waals surface area contributed by atoms with Crippen LogP contribution in [0.3, 0.4) is 0 Å². The molecule has 2 amide bonds. The van der Waals surface area contributed by atoms with Gasteiger partial charge in [-0.25, -0.2) is 4.79 Å². The summed E-state index contributed by atoms with van der Waals surface area (Å²) in [6.07, 6.45) is 0. The molecule has 7 heteroatoms. The topological polar surface area (TPSA) is 78.1 Å². The van der Waals surface area contributed by atoms with Crippen LogP contribution in [0.25, 0.3) is 0 Å².